The molecule has 0 bridgehead atoms. The summed E-state index contributed by atoms with van der Waals surface area (Å²) in [5, 5.41) is 51.6. The second kappa shape index (κ2) is 9.73. The van der Waals surface area contributed by atoms with Gasteiger partial charge in [-0.1, -0.05) is 19.4 Å². The standard InChI is InChI=1S/C15H26N2O5/c1-2-3-4-10-5-6-12(18)11(7-10)15(16-8-13(19)20)17-9-14(21)22/h5-7,13-22H,2-4,8-9H2,1H3. The smallest absolute Gasteiger partial charge is 0.164 e. The summed E-state index contributed by atoms with van der Waals surface area (Å²) in [4.78, 5) is 0. The molecule has 0 heterocycles. The predicted octanol–water partition coefficient (Wildman–Crippen LogP) is -0.466. The lowest BCUT2D eigenvalue weighted by atomic mass is 10.0. The van der Waals surface area contributed by atoms with Crippen molar-refractivity contribution in [3.8, 4) is 5.75 Å². The maximum Gasteiger partial charge on any atom is 0.164 e. The Hall–Kier alpha value is -1.22. The zero-order chi connectivity index (χ0) is 16.5. The van der Waals surface area contributed by atoms with E-state index in [1.165, 1.54) is 0 Å². The van der Waals surface area contributed by atoms with Crippen LogP contribution in [-0.2, 0) is 6.42 Å². The summed E-state index contributed by atoms with van der Waals surface area (Å²) in [6, 6.07) is 5.25. The molecule has 7 heteroatoms. The van der Waals surface area contributed by atoms with Gasteiger partial charge in [0.1, 0.15) is 5.75 Å². The molecule has 0 aliphatic carbocycles. The number of rotatable bonds is 10. The highest BCUT2D eigenvalue weighted by molar-refractivity contribution is 5.38. The van der Waals surface area contributed by atoms with Gasteiger partial charge in [0.2, 0.25) is 0 Å². The first-order valence-corrected chi connectivity index (χ1v) is 7.44. The van der Waals surface area contributed by atoms with Gasteiger partial charge in [-0.3, -0.25) is 10.6 Å². The molecular weight excluding hydrogens is 288 g/mol. The van der Waals surface area contributed by atoms with Crippen LogP contribution < -0.4 is 10.6 Å². The van der Waals surface area contributed by atoms with Crippen molar-refractivity contribution in [3.63, 3.8) is 0 Å². The van der Waals surface area contributed by atoms with Crippen molar-refractivity contribution in [3.05, 3.63) is 29.3 Å². The molecule has 0 fully saturated rings. The van der Waals surface area contributed by atoms with E-state index in [1.807, 2.05) is 12.1 Å². The average Bonchev–Trinajstić information content (AvgIpc) is 2.46. The van der Waals surface area contributed by atoms with Crippen LogP contribution in [0.25, 0.3) is 0 Å². The minimum Gasteiger partial charge on any atom is -0.508 e. The maximum atomic E-state index is 10.0. The molecule has 0 aromatic heterocycles. The van der Waals surface area contributed by atoms with E-state index < -0.39 is 18.7 Å². The first kappa shape index (κ1) is 18.8. The van der Waals surface area contributed by atoms with Gasteiger partial charge in [0.25, 0.3) is 0 Å². The quantitative estimate of drug-likeness (QED) is 0.291. The topological polar surface area (TPSA) is 125 Å². The van der Waals surface area contributed by atoms with Crippen LogP contribution in [0.15, 0.2) is 18.2 Å². The number of phenols is 1. The molecule has 22 heavy (non-hydrogen) atoms. The largest absolute Gasteiger partial charge is 0.508 e. The van der Waals surface area contributed by atoms with Crippen LogP contribution in [0, 0.1) is 0 Å². The van der Waals surface area contributed by atoms with Crippen LogP contribution in [0.5, 0.6) is 5.75 Å². The summed E-state index contributed by atoms with van der Waals surface area (Å²) < 4.78 is 0. The molecule has 0 spiro atoms. The number of nitrogens with one attached hydrogen (secondary N) is 2. The normalized spacial score (nSPS) is 11.8. The van der Waals surface area contributed by atoms with Gasteiger partial charge in [-0.25, -0.2) is 0 Å². The molecule has 0 saturated heterocycles. The molecule has 7 nitrogen and oxygen atoms in total. The number of aliphatic hydroxyl groups excluding tert-OH is 2. The highest BCUT2D eigenvalue weighted by atomic mass is 16.5. The Morgan fingerprint density at radius 3 is 2.09 bits per heavy atom. The minimum atomic E-state index is -1.55. The van der Waals surface area contributed by atoms with Gasteiger partial charge >= 0.3 is 0 Å². The fourth-order valence-electron chi connectivity index (χ4n) is 2.11. The summed E-state index contributed by atoms with van der Waals surface area (Å²) in [5.74, 6) is 0.0464. The van der Waals surface area contributed by atoms with Crippen molar-refractivity contribution in [2.24, 2.45) is 0 Å². The lowest BCUT2D eigenvalue weighted by molar-refractivity contribution is -0.0463. The Morgan fingerprint density at radius 2 is 1.59 bits per heavy atom. The second-order valence-corrected chi connectivity index (χ2v) is 5.21. The van der Waals surface area contributed by atoms with E-state index in [0.717, 1.165) is 24.8 Å². The van der Waals surface area contributed by atoms with Crippen molar-refractivity contribution >= 4 is 0 Å². The van der Waals surface area contributed by atoms with E-state index in [4.69, 9.17) is 20.4 Å². The number of phenolic OH excluding ortho intramolecular Hbond substituents is 1. The van der Waals surface area contributed by atoms with Crippen molar-refractivity contribution in [2.45, 2.75) is 44.9 Å². The molecule has 0 amide bonds. The maximum absolute atomic E-state index is 10.0. The van der Waals surface area contributed by atoms with E-state index in [-0.39, 0.29) is 18.8 Å². The van der Waals surface area contributed by atoms with Crippen LogP contribution in [0.1, 0.15) is 37.1 Å². The third-order valence-corrected chi connectivity index (χ3v) is 3.23. The highest BCUT2D eigenvalue weighted by Crippen LogP contribution is 2.25. The summed E-state index contributed by atoms with van der Waals surface area (Å²) in [7, 11) is 0. The molecule has 0 aliphatic heterocycles. The third kappa shape index (κ3) is 6.69. The van der Waals surface area contributed by atoms with Gasteiger partial charge in [-0.2, -0.15) is 0 Å². The first-order valence-electron chi connectivity index (χ1n) is 7.44. The number of hydrogen-bond donors (Lipinski definition) is 7. The number of aromatic hydroxyl groups is 1. The van der Waals surface area contributed by atoms with Crippen molar-refractivity contribution in [1.82, 2.24) is 10.6 Å². The number of benzene rings is 1. The number of aliphatic hydroxyl groups is 4. The SMILES string of the molecule is CCCCc1ccc(O)c(C(NCC(O)O)NCC(O)O)c1. The van der Waals surface area contributed by atoms with Gasteiger partial charge < -0.3 is 25.5 Å². The molecule has 1 aromatic carbocycles. The Labute approximate surface area is 130 Å². The molecular formula is C15H26N2O5. The summed E-state index contributed by atoms with van der Waals surface area (Å²) >= 11 is 0. The molecule has 0 radical (unpaired) electrons. The number of hydrogen-bond acceptors (Lipinski definition) is 7. The van der Waals surface area contributed by atoms with Crippen molar-refractivity contribution < 1.29 is 25.5 Å². The van der Waals surface area contributed by atoms with Crippen molar-refractivity contribution in [2.75, 3.05) is 13.1 Å². The molecule has 0 unspecified atom stereocenters. The van der Waals surface area contributed by atoms with Gasteiger partial charge in [0.05, 0.1) is 6.17 Å². The fourth-order valence-corrected chi connectivity index (χ4v) is 2.11. The number of aryl methyl sites for hydroxylation is 1. The molecule has 0 atom stereocenters. The lowest BCUT2D eigenvalue weighted by Crippen LogP contribution is -2.41. The van der Waals surface area contributed by atoms with E-state index in [0.29, 0.717) is 5.56 Å². The zero-order valence-corrected chi connectivity index (χ0v) is 12.7. The lowest BCUT2D eigenvalue weighted by Gasteiger charge is -2.23. The van der Waals surface area contributed by atoms with Gasteiger partial charge in [0, 0.05) is 18.7 Å². The summed E-state index contributed by atoms with van der Waals surface area (Å²) in [5.41, 5.74) is 1.58. The minimum absolute atomic E-state index is 0.0464. The Morgan fingerprint density at radius 1 is 1.00 bits per heavy atom. The van der Waals surface area contributed by atoms with Gasteiger partial charge in [-0.05, 0) is 30.5 Å². The Bertz CT molecular complexity index is 428. The molecule has 126 valence electrons. The van der Waals surface area contributed by atoms with Crippen LogP contribution in [0.3, 0.4) is 0 Å². The fraction of sp³-hybridized carbons (Fsp3) is 0.600. The average molecular weight is 314 g/mol. The number of unbranched alkanes of at least 4 members (excludes halogenated alkanes) is 1. The van der Waals surface area contributed by atoms with Crippen LogP contribution in [0.2, 0.25) is 0 Å². The van der Waals surface area contributed by atoms with Gasteiger partial charge in [0.15, 0.2) is 12.6 Å². The van der Waals surface area contributed by atoms with E-state index >= 15 is 0 Å². The first-order chi connectivity index (χ1) is 10.4. The van der Waals surface area contributed by atoms with E-state index in [1.54, 1.807) is 6.07 Å². The monoisotopic (exact) mass is 314 g/mol. The highest BCUT2D eigenvalue weighted by Gasteiger charge is 2.17. The third-order valence-electron chi connectivity index (χ3n) is 3.23. The Kier molecular flexibility index (Phi) is 8.32. The molecule has 0 aliphatic rings. The molecule has 0 saturated carbocycles. The van der Waals surface area contributed by atoms with Crippen LogP contribution >= 0.6 is 0 Å². The second-order valence-electron chi connectivity index (χ2n) is 5.21. The van der Waals surface area contributed by atoms with Crippen LogP contribution in [-0.4, -0.2) is 51.2 Å². The zero-order valence-electron chi connectivity index (χ0n) is 12.7. The molecule has 1 aromatic rings. The van der Waals surface area contributed by atoms with E-state index in [2.05, 4.69) is 17.6 Å². The summed E-state index contributed by atoms with van der Waals surface area (Å²) in [6.45, 7) is 1.84. The molecule has 1 rings (SSSR count). The van der Waals surface area contributed by atoms with Crippen molar-refractivity contribution in [1.29, 1.82) is 0 Å². The van der Waals surface area contributed by atoms with Crippen LogP contribution in [0.4, 0.5) is 0 Å². The Balaban J connectivity index is 2.89. The molecule has 7 N–H and O–H groups in total. The summed E-state index contributed by atoms with van der Waals surface area (Å²) in [6.07, 6.45) is -0.765. The van der Waals surface area contributed by atoms with E-state index in [9.17, 15) is 5.11 Å². The predicted molar refractivity (Wildman–Crippen MR) is 81.9 cm³/mol. The van der Waals surface area contributed by atoms with Gasteiger partial charge in [-0.15, -0.1) is 0 Å².